The summed E-state index contributed by atoms with van der Waals surface area (Å²) < 4.78 is 0. The summed E-state index contributed by atoms with van der Waals surface area (Å²) in [4.78, 5) is 13.3. The fourth-order valence-electron chi connectivity index (χ4n) is 1.59. The van der Waals surface area contributed by atoms with Gasteiger partial charge in [-0.15, -0.1) is 0 Å². The number of carbonyl (C=O) groups excluding carboxylic acids is 1. The Labute approximate surface area is 87.7 Å². The van der Waals surface area contributed by atoms with E-state index >= 15 is 0 Å². The highest BCUT2D eigenvalue weighted by atomic mass is 32.1. The van der Waals surface area contributed by atoms with Crippen LogP contribution in [-0.2, 0) is 6.42 Å². The van der Waals surface area contributed by atoms with Crippen LogP contribution in [0.5, 0.6) is 0 Å². The van der Waals surface area contributed by atoms with Crippen LogP contribution in [0.15, 0.2) is 16.8 Å². The lowest BCUT2D eigenvalue weighted by atomic mass is 10.2. The minimum Gasteiger partial charge on any atom is -0.338 e. The number of amides is 2. The van der Waals surface area contributed by atoms with Gasteiger partial charge in [-0.05, 0) is 35.2 Å². The van der Waals surface area contributed by atoms with Crippen molar-refractivity contribution in [3.8, 4) is 0 Å². The molecule has 3 nitrogen and oxygen atoms in total. The number of thiophene rings is 1. The molecule has 0 aliphatic carbocycles. The molecule has 0 atom stereocenters. The first-order chi connectivity index (χ1) is 6.86. The maximum absolute atomic E-state index is 11.4. The van der Waals surface area contributed by atoms with Crippen molar-refractivity contribution in [3.05, 3.63) is 22.4 Å². The molecule has 4 heteroatoms. The third-order valence-corrected chi connectivity index (χ3v) is 3.15. The Balaban J connectivity index is 1.82. The molecule has 2 heterocycles. The summed E-state index contributed by atoms with van der Waals surface area (Å²) in [5, 5.41) is 7.07. The fraction of sp³-hybridized carbons (Fsp3) is 0.500. The zero-order valence-electron chi connectivity index (χ0n) is 8.03. The van der Waals surface area contributed by atoms with Crippen molar-refractivity contribution in [2.24, 2.45) is 0 Å². The third kappa shape index (κ3) is 2.26. The van der Waals surface area contributed by atoms with Crippen LogP contribution in [-0.4, -0.2) is 30.6 Å². The van der Waals surface area contributed by atoms with Crippen molar-refractivity contribution in [2.45, 2.75) is 12.8 Å². The molecule has 2 amide bonds. The van der Waals surface area contributed by atoms with Crippen LogP contribution >= 0.6 is 11.3 Å². The van der Waals surface area contributed by atoms with Crippen LogP contribution in [0.4, 0.5) is 4.79 Å². The highest BCUT2D eigenvalue weighted by Crippen LogP contribution is 2.08. The van der Waals surface area contributed by atoms with E-state index < -0.39 is 0 Å². The first kappa shape index (κ1) is 9.52. The minimum absolute atomic E-state index is 0.0893. The van der Waals surface area contributed by atoms with Gasteiger partial charge in [-0.25, -0.2) is 4.79 Å². The van der Waals surface area contributed by atoms with Crippen molar-refractivity contribution >= 4 is 17.4 Å². The standard InChI is InChI=1S/C10H14N2OS/c13-10-11-4-1-5-12(10)6-2-9-3-7-14-8-9/h3,7-8H,1-2,4-6H2,(H,11,13). The summed E-state index contributed by atoms with van der Waals surface area (Å²) in [6.07, 6.45) is 2.03. The maximum Gasteiger partial charge on any atom is 0.317 e. The van der Waals surface area contributed by atoms with Gasteiger partial charge >= 0.3 is 6.03 Å². The zero-order valence-corrected chi connectivity index (χ0v) is 8.85. The molecule has 0 aromatic carbocycles. The lowest BCUT2D eigenvalue weighted by Gasteiger charge is -2.27. The van der Waals surface area contributed by atoms with Crippen molar-refractivity contribution in [2.75, 3.05) is 19.6 Å². The van der Waals surface area contributed by atoms with E-state index in [-0.39, 0.29) is 6.03 Å². The molecule has 1 aliphatic heterocycles. The molecule has 14 heavy (non-hydrogen) atoms. The third-order valence-electron chi connectivity index (χ3n) is 2.42. The smallest absolute Gasteiger partial charge is 0.317 e. The van der Waals surface area contributed by atoms with E-state index in [2.05, 4.69) is 22.1 Å². The summed E-state index contributed by atoms with van der Waals surface area (Å²) in [7, 11) is 0. The van der Waals surface area contributed by atoms with Gasteiger partial charge in [0.25, 0.3) is 0 Å². The van der Waals surface area contributed by atoms with E-state index in [1.807, 2.05) is 4.90 Å². The molecule has 1 saturated heterocycles. The van der Waals surface area contributed by atoms with Crippen molar-refractivity contribution in [3.63, 3.8) is 0 Å². The van der Waals surface area contributed by atoms with E-state index in [9.17, 15) is 4.79 Å². The van der Waals surface area contributed by atoms with Gasteiger partial charge in [0.15, 0.2) is 0 Å². The Morgan fingerprint density at radius 1 is 1.57 bits per heavy atom. The van der Waals surface area contributed by atoms with Crippen LogP contribution in [0, 0.1) is 0 Å². The molecule has 0 saturated carbocycles. The SMILES string of the molecule is O=C1NCCCN1CCc1ccsc1. The van der Waals surface area contributed by atoms with Gasteiger partial charge in [-0.3, -0.25) is 0 Å². The summed E-state index contributed by atoms with van der Waals surface area (Å²) in [6, 6.07) is 2.21. The average molecular weight is 210 g/mol. The monoisotopic (exact) mass is 210 g/mol. The Kier molecular flexibility index (Phi) is 3.03. The predicted molar refractivity (Wildman–Crippen MR) is 57.6 cm³/mol. The maximum atomic E-state index is 11.4. The largest absolute Gasteiger partial charge is 0.338 e. The van der Waals surface area contributed by atoms with Gasteiger partial charge in [0, 0.05) is 19.6 Å². The molecular weight excluding hydrogens is 196 g/mol. The molecule has 0 bridgehead atoms. The lowest BCUT2D eigenvalue weighted by Crippen LogP contribution is -2.47. The summed E-state index contributed by atoms with van der Waals surface area (Å²) in [5.74, 6) is 0. The lowest BCUT2D eigenvalue weighted by molar-refractivity contribution is 0.187. The number of nitrogens with zero attached hydrogens (tertiary/aromatic N) is 1. The Morgan fingerprint density at radius 3 is 3.21 bits per heavy atom. The second-order valence-corrected chi connectivity index (χ2v) is 4.23. The fourth-order valence-corrected chi connectivity index (χ4v) is 2.29. The molecule has 1 aromatic rings. The van der Waals surface area contributed by atoms with Crippen molar-refractivity contribution in [1.29, 1.82) is 0 Å². The highest BCUT2D eigenvalue weighted by molar-refractivity contribution is 7.07. The Bertz CT molecular complexity index is 297. The number of rotatable bonds is 3. The van der Waals surface area contributed by atoms with Gasteiger partial charge in [0.05, 0.1) is 0 Å². The quantitative estimate of drug-likeness (QED) is 0.809. The van der Waals surface area contributed by atoms with Crippen LogP contribution in [0.2, 0.25) is 0 Å². The summed E-state index contributed by atoms with van der Waals surface area (Å²) in [5.41, 5.74) is 1.33. The number of urea groups is 1. The van der Waals surface area contributed by atoms with Crippen molar-refractivity contribution in [1.82, 2.24) is 10.2 Å². The molecule has 1 N–H and O–H groups in total. The number of hydrogen-bond donors (Lipinski definition) is 1. The number of carbonyl (C=O) groups is 1. The molecule has 0 spiro atoms. The number of nitrogens with one attached hydrogen (secondary N) is 1. The van der Waals surface area contributed by atoms with Gasteiger partial charge in [0.2, 0.25) is 0 Å². The second kappa shape index (κ2) is 4.46. The van der Waals surface area contributed by atoms with Gasteiger partial charge in [-0.1, -0.05) is 0 Å². The van der Waals surface area contributed by atoms with Crippen LogP contribution in [0.1, 0.15) is 12.0 Å². The van der Waals surface area contributed by atoms with E-state index in [0.717, 1.165) is 32.5 Å². The first-order valence-corrected chi connectivity index (χ1v) is 5.84. The van der Waals surface area contributed by atoms with E-state index in [1.165, 1.54) is 5.56 Å². The molecule has 1 aliphatic rings. The average Bonchev–Trinajstić information content (AvgIpc) is 2.69. The van der Waals surface area contributed by atoms with E-state index in [4.69, 9.17) is 0 Å². The summed E-state index contributed by atoms with van der Waals surface area (Å²) in [6.45, 7) is 2.56. The molecular formula is C10H14N2OS. The van der Waals surface area contributed by atoms with Crippen LogP contribution in [0.3, 0.4) is 0 Å². The molecule has 2 rings (SSSR count). The summed E-state index contributed by atoms with van der Waals surface area (Å²) >= 11 is 1.71. The van der Waals surface area contributed by atoms with Crippen molar-refractivity contribution < 1.29 is 4.79 Å². The molecule has 0 radical (unpaired) electrons. The van der Waals surface area contributed by atoms with E-state index in [1.54, 1.807) is 11.3 Å². The van der Waals surface area contributed by atoms with E-state index in [0.29, 0.717) is 0 Å². The molecule has 76 valence electrons. The van der Waals surface area contributed by atoms with Gasteiger partial charge in [-0.2, -0.15) is 11.3 Å². The van der Waals surface area contributed by atoms with Gasteiger partial charge in [0.1, 0.15) is 0 Å². The second-order valence-electron chi connectivity index (χ2n) is 3.45. The zero-order chi connectivity index (χ0) is 9.80. The molecule has 1 aromatic heterocycles. The first-order valence-electron chi connectivity index (χ1n) is 4.90. The Hall–Kier alpha value is -1.03. The highest BCUT2D eigenvalue weighted by Gasteiger charge is 2.16. The topological polar surface area (TPSA) is 32.3 Å². The number of hydrogen-bond acceptors (Lipinski definition) is 2. The van der Waals surface area contributed by atoms with Gasteiger partial charge < -0.3 is 10.2 Å². The molecule has 0 unspecified atom stereocenters. The predicted octanol–water partition coefficient (Wildman–Crippen LogP) is 1.71. The van der Waals surface area contributed by atoms with Crippen LogP contribution in [0.25, 0.3) is 0 Å². The van der Waals surface area contributed by atoms with Crippen LogP contribution < -0.4 is 5.32 Å². The minimum atomic E-state index is 0.0893. The Morgan fingerprint density at radius 2 is 2.50 bits per heavy atom. The normalized spacial score (nSPS) is 16.9. The molecule has 1 fully saturated rings.